The van der Waals surface area contributed by atoms with Crippen LogP contribution in [0.2, 0.25) is 0 Å². The van der Waals surface area contributed by atoms with E-state index in [4.69, 9.17) is 5.11 Å². The topological polar surface area (TPSA) is 37.3 Å². The number of carboxylic acids is 1. The van der Waals surface area contributed by atoms with Crippen LogP contribution in [0.1, 0.15) is 10.4 Å². The summed E-state index contributed by atoms with van der Waals surface area (Å²) in [6.45, 7) is 0. The van der Waals surface area contributed by atoms with Gasteiger partial charge in [-0.1, -0.05) is 30.3 Å². The molecule has 0 aliphatic carbocycles. The van der Waals surface area contributed by atoms with Crippen molar-refractivity contribution in [3.05, 3.63) is 47.3 Å². The van der Waals surface area contributed by atoms with E-state index in [1.807, 2.05) is 30.3 Å². The van der Waals surface area contributed by atoms with Gasteiger partial charge in [0.05, 0.1) is 5.56 Å². The van der Waals surface area contributed by atoms with E-state index in [-0.39, 0.29) is 13.5 Å². The standard InChI is InChI=1S/C11H8O2S.H2S/c12-11(13)9-6-10(14-7-9)8-4-2-1-3-5-8;/h1-7H,(H,12,13);1H2. The maximum atomic E-state index is 10.7. The van der Waals surface area contributed by atoms with Crippen molar-refractivity contribution in [2.24, 2.45) is 0 Å². The van der Waals surface area contributed by atoms with E-state index in [2.05, 4.69) is 0 Å². The lowest BCUT2D eigenvalue weighted by Crippen LogP contribution is -1.91. The van der Waals surface area contributed by atoms with Gasteiger partial charge in [0.1, 0.15) is 0 Å². The van der Waals surface area contributed by atoms with Crippen LogP contribution in [-0.4, -0.2) is 11.1 Å². The Morgan fingerprint density at radius 3 is 2.40 bits per heavy atom. The fourth-order valence-corrected chi connectivity index (χ4v) is 2.09. The highest BCUT2D eigenvalue weighted by Gasteiger charge is 2.06. The first kappa shape index (κ1) is 11.8. The van der Waals surface area contributed by atoms with E-state index in [1.54, 1.807) is 11.4 Å². The zero-order valence-corrected chi connectivity index (χ0v) is 9.62. The van der Waals surface area contributed by atoms with Crippen LogP contribution in [0, 0.1) is 0 Å². The highest BCUT2D eigenvalue weighted by atomic mass is 32.1. The molecule has 0 unspecified atom stereocenters. The number of rotatable bonds is 2. The highest BCUT2D eigenvalue weighted by molar-refractivity contribution is 7.59. The van der Waals surface area contributed by atoms with E-state index in [9.17, 15) is 4.79 Å². The molecule has 0 radical (unpaired) electrons. The molecule has 2 aromatic rings. The lowest BCUT2D eigenvalue weighted by Gasteiger charge is -1.93. The van der Waals surface area contributed by atoms with Gasteiger partial charge >= 0.3 is 5.97 Å². The first-order valence-corrected chi connectivity index (χ1v) is 5.02. The molecule has 0 aliphatic rings. The van der Waals surface area contributed by atoms with E-state index in [0.717, 1.165) is 10.4 Å². The molecule has 1 N–H and O–H groups in total. The van der Waals surface area contributed by atoms with Gasteiger partial charge in [-0.2, -0.15) is 13.5 Å². The molecule has 78 valence electrons. The molecule has 0 spiro atoms. The van der Waals surface area contributed by atoms with Crippen LogP contribution in [0.3, 0.4) is 0 Å². The predicted octanol–water partition coefficient (Wildman–Crippen LogP) is 3.23. The van der Waals surface area contributed by atoms with Gasteiger partial charge in [0.15, 0.2) is 0 Å². The summed E-state index contributed by atoms with van der Waals surface area (Å²) in [5.74, 6) is -0.872. The van der Waals surface area contributed by atoms with Crippen LogP contribution in [0.15, 0.2) is 41.8 Å². The summed E-state index contributed by atoms with van der Waals surface area (Å²) >= 11 is 1.45. The third-order valence-electron chi connectivity index (χ3n) is 1.90. The number of hydrogen-bond acceptors (Lipinski definition) is 2. The van der Waals surface area contributed by atoms with Gasteiger partial charge in [-0.05, 0) is 11.6 Å². The average molecular weight is 238 g/mol. The minimum Gasteiger partial charge on any atom is -0.478 e. The molecule has 4 heteroatoms. The number of aromatic carboxylic acids is 1. The maximum Gasteiger partial charge on any atom is 0.336 e. The zero-order valence-electron chi connectivity index (χ0n) is 7.81. The van der Waals surface area contributed by atoms with Crippen molar-refractivity contribution >= 4 is 30.8 Å². The van der Waals surface area contributed by atoms with Crippen molar-refractivity contribution in [2.45, 2.75) is 0 Å². The largest absolute Gasteiger partial charge is 0.478 e. The molecule has 0 saturated heterocycles. The molecule has 0 aliphatic heterocycles. The SMILES string of the molecule is O=C(O)c1csc(-c2ccccc2)c1.S. The Morgan fingerprint density at radius 2 is 1.87 bits per heavy atom. The predicted molar refractivity (Wildman–Crippen MR) is 67.1 cm³/mol. The Balaban J connectivity index is 0.00000112. The summed E-state index contributed by atoms with van der Waals surface area (Å²) in [5, 5.41) is 10.4. The molecule has 2 nitrogen and oxygen atoms in total. The van der Waals surface area contributed by atoms with E-state index in [0.29, 0.717) is 5.56 Å². The van der Waals surface area contributed by atoms with Crippen LogP contribution >= 0.6 is 24.8 Å². The Morgan fingerprint density at radius 1 is 1.20 bits per heavy atom. The maximum absolute atomic E-state index is 10.7. The highest BCUT2D eigenvalue weighted by Crippen LogP contribution is 2.26. The van der Waals surface area contributed by atoms with Crippen molar-refractivity contribution in [3.63, 3.8) is 0 Å². The molecule has 2 rings (SSSR count). The molecule has 0 atom stereocenters. The Labute approximate surface area is 98.6 Å². The third-order valence-corrected chi connectivity index (χ3v) is 2.88. The number of carboxylic acid groups (broad SMARTS) is 1. The summed E-state index contributed by atoms with van der Waals surface area (Å²) in [7, 11) is 0. The number of thiophene rings is 1. The quantitative estimate of drug-likeness (QED) is 0.872. The lowest BCUT2D eigenvalue weighted by molar-refractivity contribution is 0.0697. The van der Waals surface area contributed by atoms with Gasteiger partial charge < -0.3 is 5.11 Å². The lowest BCUT2D eigenvalue weighted by atomic mass is 10.2. The minimum absolute atomic E-state index is 0. The molecule has 1 heterocycles. The monoisotopic (exact) mass is 238 g/mol. The van der Waals surface area contributed by atoms with Crippen LogP contribution in [0.4, 0.5) is 0 Å². The van der Waals surface area contributed by atoms with Crippen molar-refractivity contribution in [2.75, 3.05) is 0 Å². The molecule has 0 fully saturated rings. The molecule has 0 saturated carbocycles. The normalized spacial score (nSPS) is 9.33. The van der Waals surface area contributed by atoms with Crippen molar-refractivity contribution < 1.29 is 9.90 Å². The Bertz CT molecular complexity index is 449. The average Bonchev–Trinajstić information content (AvgIpc) is 2.68. The van der Waals surface area contributed by atoms with Crippen LogP contribution in [0.25, 0.3) is 10.4 Å². The van der Waals surface area contributed by atoms with Crippen molar-refractivity contribution in [1.29, 1.82) is 0 Å². The van der Waals surface area contributed by atoms with Gasteiger partial charge in [-0.15, -0.1) is 11.3 Å². The summed E-state index contributed by atoms with van der Waals surface area (Å²) in [6, 6.07) is 11.5. The summed E-state index contributed by atoms with van der Waals surface area (Å²) in [6.07, 6.45) is 0. The van der Waals surface area contributed by atoms with Gasteiger partial charge in [-0.3, -0.25) is 0 Å². The smallest absolute Gasteiger partial charge is 0.336 e. The van der Waals surface area contributed by atoms with Gasteiger partial charge in [0.25, 0.3) is 0 Å². The van der Waals surface area contributed by atoms with Gasteiger partial charge in [-0.25, -0.2) is 4.79 Å². The fraction of sp³-hybridized carbons (Fsp3) is 0. The van der Waals surface area contributed by atoms with Crippen LogP contribution < -0.4 is 0 Å². The molecular weight excluding hydrogens is 228 g/mol. The summed E-state index contributed by atoms with van der Waals surface area (Å²) in [4.78, 5) is 11.6. The van der Waals surface area contributed by atoms with Gasteiger partial charge in [0, 0.05) is 10.3 Å². The van der Waals surface area contributed by atoms with Crippen LogP contribution in [-0.2, 0) is 0 Å². The number of benzene rings is 1. The third kappa shape index (κ3) is 2.61. The molecular formula is C11H10O2S2. The molecule has 0 amide bonds. The second-order valence-corrected chi connectivity index (χ2v) is 3.78. The second-order valence-electron chi connectivity index (χ2n) is 2.87. The summed E-state index contributed by atoms with van der Waals surface area (Å²) in [5.41, 5.74) is 1.42. The second kappa shape index (κ2) is 5.00. The first-order valence-electron chi connectivity index (χ1n) is 4.14. The Kier molecular flexibility index (Phi) is 3.94. The Hall–Kier alpha value is -1.26. The first-order chi connectivity index (χ1) is 6.77. The fourth-order valence-electron chi connectivity index (χ4n) is 1.20. The summed E-state index contributed by atoms with van der Waals surface area (Å²) < 4.78 is 0. The van der Waals surface area contributed by atoms with Crippen molar-refractivity contribution in [3.8, 4) is 10.4 Å². The van der Waals surface area contributed by atoms with E-state index < -0.39 is 5.97 Å². The molecule has 15 heavy (non-hydrogen) atoms. The van der Waals surface area contributed by atoms with Gasteiger partial charge in [0.2, 0.25) is 0 Å². The van der Waals surface area contributed by atoms with Crippen molar-refractivity contribution in [1.82, 2.24) is 0 Å². The molecule has 0 bridgehead atoms. The molecule has 1 aromatic heterocycles. The van der Waals surface area contributed by atoms with E-state index >= 15 is 0 Å². The molecule has 1 aromatic carbocycles. The van der Waals surface area contributed by atoms with E-state index in [1.165, 1.54) is 11.3 Å². The number of carbonyl (C=O) groups is 1. The minimum atomic E-state index is -0.872. The van der Waals surface area contributed by atoms with Crippen LogP contribution in [0.5, 0.6) is 0 Å². The number of hydrogen-bond donors (Lipinski definition) is 1. The zero-order chi connectivity index (χ0) is 9.97.